The molecule has 1 aliphatic carbocycles. The van der Waals surface area contributed by atoms with E-state index >= 15 is 0 Å². The van der Waals surface area contributed by atoms with Crippen molar-refractivity contribution in [3.05, 3.63) is 65.5 Å². The Balaban J connectivity index is 0.00000370. The summed E-state index contributed by atoms with van der Waals surface area (Å²) in [7, 11) is -4.95. The number of benzene rings is 1. The summed E-state index contributed by atoms with van der Waals surface area (Å²) in [6.45, 7) is 1.95. The third-order valence-electron chi connectivity index (χ3n) is 6.60. The average molecular weight is 591 g/mol. The molecule has 4 aromatic rings. The Kier molecular flexibility index (Phi) is 9.53. The molecule has 0 spiro atoms. The molecule has 1 aliphatic rings. The average Bonchev–Trinajstić information content (AvgIpc) is 3.51. The summed E-state index contributed by atoms with van der Waals surface area (Å²) in [4.78, 5) is 25.6. The molecule has 0 radical (unpaired) electrons. The molecule has 1 saturated carbocycles. The minimum absolute atomic E-state index is 0. The fourth-order valence-corrected chi connectivity index (χ4v) is 6.07. The molecule has 1 N–H and O–H groups in total. The van der Waals surface area contributed by atoms with Gasteiger partial charge in [-0.15, -0.1) is 0 Å². The fraction of sp³-hybridized carbons (Fsp3) is 0.280. The first-order valence-electron chi connectivity index (χ1n) is 11.9. The molecule has 15 heteroatoms. The molecule has 200 valence electrons. The SMILES string of the molecule is Cc1c(-c2cc(Sc3ccc(F)cc3C#N)c3c(C#N)cnn3c2)cnn1C1CCC(OOP(=O)([O-])O)CC1.[Na+]. The van der Waals surface area contributed by atoms with Gasteiger partial charge < -0.3 is 9.79 Å². The Morgan fingerprint density at radius 1 is 1.12 bits per heavy atom. The van der Waals surface area contributed by atoms with Gasteiger partial charge in [0.15, 0.2) is 0 Å². The van der Waals surface area contributed by atoms with Gasteiger partial charge in [-0.05, 0) is 56.9 Å². The molecule has 1 unspecified atom stereocenters. The zero-order valence-corrected chi connectivity index (χ0v) is 25.2. The standard InChI is InChI=1S/C25H22FN6O5PS.Na/c1-15-22(13-30-32(15)20-3-5-21(6-4-20)36-37-38(33,34)35)17-9-24(25-18(11-28)12-29-31(25)14-17)39-23-7-2-19(26)8-16(23)10-27;/h2,7-9,12-14,20-21H,3-6H2,1H3,(H2,33,34,35);/q;+1/p-1. The topological polar surface area (TPSA) is 162 Å². The second kappa shape index (κ2) is 12.5. The largest absolute Gasteiger partial charge is 1.00 e. The molecule has 3 heterocycles. The van der Waals surface area contributed by atoms with Crippen LogP contribution in [0.2, 0.25) is 0 Å². The third-order valence-corrected chi connectivity index (χ3v) is 7.98. The van der Waals surface area contributed by atoms with E-state index in [9.17, 15) is 24.4 Å². The number of aromatic nitrogens is 4. The molecule has 0 amide bonds. The number of rotatable bonds is 7. The molecule has 1 fully saturated rings. The van der Waals surface area contributed by atoms with E-state index in [1.54, 1.807) is 10.7 Å². The van der Waals surface area contributed by atoms with Crippen LogP contribution in [-0.2, 0) is 14.1 Å². The van der Waals surface area contributed by atoms with Crippen molar-refractivity contribution >= 4 is 25.1 Å². The van der Waals surface area contributed by atoms with Gasteiger partial charge in [0.2, 0.25) is 0 Å². The molecule has 5 rings (SSSR count). The van der Waals surface area contributed by atoms with Gasteiger partial charge in [-0.2, -0.15) is 25.4 Å². The van der Waals surface area contributed by atoms with E-state index in [4.69, 9.17) is 9.78 Å². The van der Waals surface area contributed by atoms with Gasteiger partial charge in [0.25, 0.3) is 7.82 Å². The normalized spacial score (nSPS) is 18.4. The van der Waals surface area contributed by atoms with Crippen LogP contribution in [0.4, 0.5) is 4.39 Å². The van der Waals surface area contributed by atoms with Crippen LogP contribution >= 0.6 is 19.6 Å². The van der Waals surface area contributed by atoms with E-state index in [-0.39, 0.29) is 41.2 Å². The van der Waals surface area contributed by atoms with Crippen LogP contribution in [-0.4, -0.2) is 30.4 Å². The van der Waals surface area contributed by atoms with E-state index in [1.165, 1.54) is 36.2 Å². The Morgan fingerprint density at radius 3 is 2.52 bits per heavy atom. The van der Waals surface area contributed by atoms with Gasteiger partial charge in [0, 0.05) is 32.8 Å². The molecule has 11 nitrogen and oxygen atoms in total. The predicted molar refractivity (Wildman–Crippen MR) is 134 cm³/mol. The van der Waals surface area contributed by atoms with E-state index < -0.39 is 19.7 Å². The molecule has 0 saturated heterocycles. The van der Waals surface area contributed by atoms with Crippen molar-refractivity contribution in [2.45, 2.75) is 54.5 Å². The number of hydrogen-bond donors (Lipinski definition) is 1. The Morgan fingerprint density at radius 2 is 1.85 bits per heavy atom. The number of hydrogen-bond acceptors (Lipinski definition) is 9. The molecule has 3 aromatic heterocycles. The van der Waals surface area contributed by atoms with Gasteiger partial charge in [-0.25, -0.2) is 13.8 Å². The van der Waals surface area contributed by atoms with E-state index in [0.717, 1.165) is 16.8 Å². The smallest absolute Gasteiger partial charge is 0.755 e. The number of fused-ring (bicyclic) bond motifs is 1. The number of halogens is 1. The summed E-state index contributed by atoms with van der Waals surface area (Å²) in [6, 6.07) is 10.1. The molecule has 0 bridgehead atoms. The second-order valence-electron chi connectivity index (χ2n) is 9.07. The maximum Gasteiger partial charge on any atom is 1.00 e. The third kappa shape index (κ3) is 6.50. The van der Waals surface area contributed by atoms with Crippen LogP contribution < -0.4 is 34.5 Å². The number of nitriles is 2. The van der Waals surface area contributed by atoms with Gasteiger partial charge in [-0.3, -0.25) is 9.25 Å². The van der Waals surface area contributed by atoms with Crippen molar-refractivity contribution in [3.63, 3.8) is 0 Å². The van der Waals surface area contributed by atoms with Crippen molar-refractivity contribution in [1.29, 1.82) is 10.5 Å². The summed E-state index contributed by atoms with van der Waals surface area (Å²) in [5, 5.41) is 28.1. The predicted octanol–water partition coefficient (Wildman–Crippen LogP) is 1.44. The molecule has 1 atom stereocenters. The van der Waals surface area contributed by atoms with Gasteiger partial charge in [-0.1, -0.05) is 11.8 Å². The first-order valence-corrected chi connectivity index (χ1v) is 14.2. The van der Waals surface area contributed by atoms with Gasteiger partial charge in [0.1, 0.15) is 18.0 Å². The first kappa shape index (κ1) is 30.4. The summed E-state index contributed by atoms with van der Waals surface area (Å²) in [6.07, 6.45) is 6.96. The van der Waals surface area contributed by atoms with Gasteiger partial charge in [0.05, 0.1) is 41.2 Å². The number of nitrogens with zero attached hydrogens (tertiary/aromatic N) is 6. The van der Waals surface area contributed by atoms with Crippen LogP contribution in [0.25, 0.3) is 16.6 Å². The minimum Gasteiger partial charge on any atom is -0.755 e. The zero-order chi connectivity index (χ0) is 27.7. The monoisotopic (exact) mass is 590 g/mol. The summed E-state index contributed by atoms with van der Waals surface area (Å²) in [5.74, 6) is -0.508. The quantitative estimate of drug-likeness (QED) is 0.144. The van der Waals surface area contributed by atoms with Crippen LogP contribution in [0.3, 0.4) is 0 Å². The van der Waals surface area contributed by atoms with Crippen molar-refractivity contribution in [2.75, 3.05) is 0 Å². The minimum atomic E-state index is -4.95. The summed E-state index contributed by atoms with van der Waals surface area (Å²) >= 11 is 1.25. The molecular formula is C25H21FN6NaO5PS. The Hall–Kier alpha value is -2.55. The van der Waals surface area contributed by atoms with Crippen LogP contribution in [0.15, 0.2) is 52.6 Å². The van der Waals surface area contributed by atoms with Crippen molar-refractivity contribution in [1.82, 2.24) is 19.4 Å². The van der Waals surface area contributed by atoms with Crippen molar-refractivity contribution < 1.29 is 57.9 Å². The van der Waals surface area contributed by atoms with Gasteiger partial charge >= 0.3 is 29.6 Å². The second-order valence-corrected chi connectivity index (χ2v) is 11.2. The summed E-state index contributed by atoms with van der Waals surface area (Å²) < 4.78 is 32.1. The Bertz CT molecular complexity index is 1690. The number of pyridine rings is 1. The van der Waals surface area contributed by atoms with Crippen LogP contribution in [0.5, 0.6) is 0 Å². The molecule has 0 aliphatic heterocycles. The van der Waals surface area contributed by atoms with Crippen molar-refractivity contribution in [2.24, 2.45) is 0 Å². The number of phosphoric acid groups is 1. The maximum absolute atomic E-state index is 13.7. The molecular weight excluding hydrogens is 569 g/mol. The van der Waals surface area contributed by atoms with Crippen LogP contribution in [0.1, 0.15) is 48.5 Å². The molecule has 40 heavy (non-hydrogen) atoms. The van der Waals surface area contributed by atoms with E-state index in [2.05, 4.69) is 20.9 Å². The zero-order valence-electron chi connectivity index (χ0n) is 21.5. The van der Waals surface area contributed by atoms with E-state index in [0.29, 0.717) is 46.6 Å². The molecule has 1 aromatic carbocycles. The van der Waals surface area contributed by atoms with Crippen molar-refractivity contribution in [3.8, 4) is 23.3 Å². The Labute approximate surface area is 255 Å². The summed E-state index contributed by atoms with van der Waals surface area (Å²) in [5.41, 5.74) is 3.68. The fourth-order valence-electron chi connectivity index (χ4n) is 4.76. The maximum atomic E-state index is 13.7. The van der Waals surface area contributed by atoms with Crippen LogP contribution in [0, 0.1) is 35.4 Å². The first-order chi connectivity index (χ1) is 18.7. The van der Waals surface area contributed by atoms with E-state index in [1.807, 2.05) is 29.9 Å².